The van der Waals surface area contributed by atoms with Crippen LogP contribution in [0, 0.1) is 0 Å². The van der Waals surface area contributed by atoms with Crippen LogP contribution in [0.3, 0.4) is 0 Å². The minimum Gasteiger partial charge on any atom is -0.456 e. The molecule has 0 amide bonds. The van der Waals surface area contributed by atoms with Gasteiger partial charge >= 0.3 is 0 Å². The van der Waals surface area contributed by atoms with Crippen LogP contribution in [-0.2, 0) is 0 Å². The maximum absolute atomic E-state index is 6.18. The first-order valence-electron chi connectivity index (χ1n) is 23.3. The average molecular weight is 880 g/mol. The molecule has 0 fully saturated rings. The van der Waals surface area contributed by atoms with E-state index < -0.39 is 0 Å². The first-order chi connectivity index (χ1) is 34.2. The first-order valence-corrected chi connectivity index (χ1v) is 23.3. The third-order valence-corrected chi connectivity index (χ3v) is 13.4. The lowest BCUT2D eigenvalue weighted by atomic mass is 9.88. The Hall–Kier alpha value is -9.25. The maximum Gasteiger partial charge on any atom is 0.164 e. The number of fused-ring (bicyclic) bond motifs is 5. The number of rotatable bonds is 8. The van der Waals surface area contributed by atoms with Gasteiger partial charge in [0.2, 0.25) is 0 Å². The van der Waals surface area contributed by atoms with Crippen molar-refractivity contribution in [3.8, 4) is 89.8 Å². The lowest BCUT2D eigenvalue weighted by Crippen LogP contribution is -2.01. The topological polar surface area (TPSA) is 51.8 Å². The molecule has 69 heavy (non-hydrogen) atoms. The van der Waals surface area contributed by atoms with Crippen molar-refractivity contribution in [3.63, 3.8) is 0 Å². The summed E-state index contributed by atoms with van der Waals surface area (Å²) in [6, 6.07) is 87.8. The van der Waals surface area contributed by atoms with Crippen molar-refractivity contribution in [2.75, 3.05) is 0 Å². The van der Waals surface area contributed by atoms with Gasteiger partial charge in [-0.05, 0) is 95.4 Å². The SMILES string of the molecule is c1ccc(-c2ccc(-c3nc(-c4ccc(-c5ccc(-c6ccc(-c7ccc8oc9ccccc9c8c7)c7ccccc67)c6ccccc56)cc4)nc(-c4ccccc4-c4ccccc4)n3)cc2)cc1. The van der Waals surface area contributed by atoms with Gasteiger partial charge in [0.05, 0.1) is 0 Å². The van der Waals surface area contributed by atoms with Crippen molar-refractivity contribution in [1.82, 2.24) is 15.0 Å². The van der Waals surface area contributed by atoms with E-state index in [1.807, 2.05) is 30.3 Å². The number of hydrogen-bond acceptors (Lipinski definition) is 4. The van der Waals surface area contributed by atoms with Crippen molar-refractivity contribution >= 4 is 43.5 Å². The average Bonchev–Trinajstić information content (AvgIpc) is 3.81. The molecular formula is C65H41N3O. The van der Waals surface area contributed by atoms with Crippen LogP contribution in [0.1, 0.15) is 0 Å². The molecule has 0 radical (unpaired) electrons. The zero-order valence-corrected chi connectivity index (χ0v) is 37.4. The number of nitrogens with zero attached hydrogens (tertiary/aromatic N) is 3. The molecule has 11 aromatic carbocycles. The van der Waals surface area contributed by atoms with E-state index in [4.69, 9.17) is 19.4 Å². The number of para-hydroxylation sites is 1. The van der Waals surface area contributed by atoms with E-state index in [9.17, 15) is 0 Å². The number of furan rings is 1. The highest BCUT2D eigenvalue weighted by Crippen LogP contribution is 2.43. The molecule has 2 heterocycles. The molecule has 322 valence electrons. The van der Waals surface area contributed by atoms with Gasteiger partial charge in [0, 0.05) is 27.5 Å². The molecule has 0 N–H and O–H groups in total. The van der Waals surface area contributed by atoms with Gasteiger partial charge in [-0.3, -0.25) is 0 Å². The molecule has 0 bridgehead atoms. The predicted molar refractivity (Wildman–Crippen MR) is 286 cm³/mol. The van der Waals surface area contributed by atoms with Crippen LogP contribution < -0.4 is 0 Å². The lowest BCUT2D eigenvalue weighted by Gasteiger charge is -2.16. The summed E-state index contributed by atoms with van der Waals surface area (Å²) in [4.78, 5) is 15.5. The van der Waals surface area contributed by atoms with Gasteiger partial charge < -0.3 is 4.42 Å². The molecule has 0 aliphatic heterocycles. The second kappa shape index (κ2) is 16.9. The summed E-state index contributed by atoms with van der Waals surface area (Å²) in [5.74, 6) is 1.86. The third-order valence-electron chi connectivity index (χ3n) is 13.4. The van der Waals surface area contributed by atoms with Crippen molar-refractivity contribution in [2.45, 2.75) is 0 Å². The Balaban J connectivity index is 0.882. The molecule has 13 rings (SSSR count). The Bertz CT molecular complexity index is 4050. The normalized spacial score (nSPS) is 11.5. The standard InChI is InChI=1S/C65H41N3O/c1-3-15-42(16-4-1)43-27-31-46(32-28-43)63-66-64(68-65(67-63)59-25-12-7-19-49(59)44-17-5-2-6-18-44)47-33-29-45(30-34-47)50-36-38-56(54-22-10-8-20-52(50)54)57-39-37-51(53-21-9-11-23-55(53)57)48-35-40-62-60(41-48)58-24-13-14-26-61(58)69-62/h1-41H. The van der Waals surface area contributed by atoms with E-state index >= 15 is 0 Å². The molecule has 0 aliphatic rings. The summed E-state index contributed by atoms with van der Waals surface area (Å²) in [6.45, 7) is 0. The van der Waals surface area contributed by atoms with Gasteiger partial charge in [-0.2, -0.15) is 0 Å². The van der Waals surface area contributed by atoms with E-state index in [0.717, 1.165) is 72.0 Å². The summed E-state index contributed by atoms with van der Waals surface area (Å²) in [5, 5.41) is 7.07. The molecule has 2 aromatic heterocycles. The van der Waals surface area contributed by atoms with E-state index in [0.29, 0.717) is 17.5 Å². The second-order valence-corrected chi connectivity index (χ2v) is 17.5. The van der Waals surface area contributed by atoms with Crippen LogP contribution >= 0.6 is 0 Å². The summed E-state index contributed by atoms with van der Waals surface area (Å²) < 4.78 is 6.18. The van der Waals surface area contributed by atoms with Gasteiger partial charge in [0.25, 0.3) is 0 Å². The van der Waals surface area contributed by atoms with Gasteiger partial charge in [0.15, 0.2) is 17.5 Å². The Morgan fingerprint density at radius 1 is 0.203 bits per heavy atom. The Labute approximate surface area is 399 Å². The molecule has 4 nitrogen and oxygen atoms in total. The lowest BCUT2D eigenvalue weighted by molar-refractivity contribution is 0.669. The minimum absolute atomic E-state index is 0.616. The smallest absolute Gasteiger partial charge is 0.164 e. The summed E-state index contributed by atoms with van der Waals surface area (Å²) in [6.07, 6.45) is 0. The third kappa shape index (κ3) is 7.23. The van der Waals surface area contributed by atoms with Gasteiger partial charge in [0.1, 0.15) is 11.2 Å². The fraction of sp³-hybridized carbons (Fsp3) is 0. The summed E-state index contributed by atoms with van der Waals surface area (Å²) >= 11 is 0. The molecular weight excluding hydrogens is 839 g/mol. The maximum atomic E-state index is 6.18. The molecule has 0 saturated heterocycles. The molecule has 13 aromatic rings. The van der Waals surface area contributed by atoms with Crippen molar-refractivity contribution in [3.05, 3.63) is 249 Å². The van der Waals surface area contributed by atoms with Crippen LogP contribution in [0.2, 0.25) is 0 Å². The predicted octanol–water partition coefficient (Wildman–Crippen LogP) is 17.4. The number of aromatic nitrogens is 3. The first kappa shape index (κ1) is 40.1. The zero-order valence-electron chi connectivity index (χ0n) is 37.4. The van der Waals surface area contributed by atoms with Gasteiger partial charge in [-0.25, -0.2) is 15.0 Å². The second-order valence-electron chi connectivity index (χ2n) is 17.5. The van der Waals surface area contributed by atoms with Gasteiger partial charge in [-0.1, -0.05) is 231 Å². The van der Waals surface area contributed by atoms with Crippen LogP contribution in [0.15, 0.2) is 253 Å². The van der Waals surface area contributed by atoms with Crippen molar-refractivity contribution in [1.29, 1.82) is 0 Å². The highest BCUT2D eigenvalue weighted by molar-refractivity contribution is 6.13. The number of hydrogen-bond donors (Lipinski definition) is 0. The minimum atomic E-state index is 0.616. The van der Waals surface area contributed by atoms with Crippen molar-refractivity contribution < 1.29 is 4.42 Å². The highest BCUT2D eigenvalue weighted by Gasteiger charge is 2.18. The van der Waals surface area contributed by atoms with E-state index in [2.05, 4.69) is 218 Å². The summed E-state index contributed by atoms with van der Waals surface area (Å²) in [7, 11) is 0. The van der Waals surface area contributed by atoms with Crippen LogP contribution in [0.5, 0.6) is 0 Å². The molecule has 0 atom stereocenters. The Morgan fingerprint density at radius 2 is 0.580 bits per heavy atom. The fourth-order valence-corrected chi connectivity index (χ4v) is 10.0. The fourth-order valence-electron chi connectivity index (χ4n) is 10.0. The highest BCUT2D eigenvalue weighted by atomic mass is 16.3. The van der Waals surface area contributed by atoms with Crippen LogP contribution in [0.25, 0.3) is 133 Å². The molecule has 0 aliphatic carbocycles. The quantitative estimate of drug-likeness (QED) is 0.153. The van der Waals surface area contributed by atoms with E-state index in [-0.39, 0.29) is 0 Å². The van der Waals surface area contributed by atoms with E-state index in [1.54, 1.807) is 0 Å². The summed E-state index contributed by atoms with van der Waals surface area (Å²) in [5.41, 5.74) is 16.1. The molecule has 0 spiro atoms. The largest absolute Gasteiger partial charge is 0.456 e. The van der Waals surface area contributed by atoms with Gasteiger partial charge in [-0.15, -0.1) is 0 Å². The number of benzene rings is 11. The molecule has 4 heteroatoms. The monoisotopic (exact) mass is 879 g/mol. The molecule has 0 unspecified atom stereocenters. The molecule has 0 saturated carbocycles. The van der Waals surface area contributed by atoms with E-state index in [1.165, 1.54) is 43.8 Å². The van der Waals surface area contributed by atoms with Crippen LogP contribution in [0.4, 0.5) is 0 Å². The zero-order chi connectivity index (χ0) is 45.7. The van der Waals surface area contributed by atoms with Crippen LogP contribution in [-0.4, -0.2) is 15.0 Å². The Morgan fingerprint density at radius 3 is 1.19 bits per heavy atom. The Kier molecular flexibility index (Phi) is 9.80. The van der Waals surface area contributed by atoms with Crippen molar-refractivity contribution in [2.24, 2.45) is 0 Å².